The Balaban J connectivity index is 2.11. The lowest BCUT2D eigenvalue weighted by Gasteiger charge is -1.89. The molecule has 0 unspecified atom stereocenters. The largest absolute Gasteiger partial charge is 0.453 e. The van der Waals surface area contributed by atoms with E-state index in [0.29, 0.717) is 5.88 Å². The van der Waals surface area contributed by atoms with Crippen LogP contribution >= 0.6 is 22.9 Å². The molecule has 0 spiro atoms. The molecule has 2 aromatic heterocycles. The number of benzene rings is 1. The number of aryl methyl sites for hydroxylation is 1. The smallest absolute Gasteiger partial charge is 0.183 e. The van der Waals surface area contributed by atoms with Gasteiger partial charge < -0.3 is 4.42 Å². The first-order valence-electron chi connectivity index (χ1n) is 5.15. The Hall–Kier alpha value is -1.39. The third kappa shape index (κ3) is 1.94. The van der Waals surface area contributed by atoms with Crippen LogP contribution in [0.3, 0.4) is 0 Å². The molecule has 0 aliphatic heterocycles. The standard InChI is InChI=1S/C12H9ClN2OS/c1-7-2-3-9-8(4-7)5-10(16-9)12-15-14-11(6-13)17-12/h2-5H,6H2,1H3. The predicted molar refractivity (Wildman–Crippen MR) is 69.4 cm³/mol. The topological polar surface area (TPSA) is 38.9 Å². The zero-order chi connectivity index (χ0) is 11.8. The number of furan rings is 1. The molecule has 0 fully saturated rings. The lowest BCUT2D eigenvalue weighted by atomic mass is 10.2. The average Bonchev–Trinajstić information content (AvgIpc) is 2.93. The molecule has 3 aromatic rings. The van der Waals surface area contributed by atoms with Crippen molar-refractivity contribution in [2.24, 2.45) is 0 Å². The normalized spacial score (nSPS) is 11.2. The van der Waals surface area contributed by atoms with Gasteiger partial charge >= 0.3 is 0 Å². The zero-order valence-electron chi connectivity index (χ0n) is 9.11. The van der Waals surface area contributed by atoms with Crippen molar-refractivity contribution >= 4 is 33.9 Å². The molecular weight excluding hydrogens is 256 g/mol. The summed E-state index contributed by atoms with van der Waals surface area (Å²) in [7, 11) is 0. The Morgan fingerprint density at radius 1 is 1.29 bits per heavy atom. The number of hydrogen-bond donors (Lipinski definition) is 0. The molecular formula is C12H9ClN2OS. The molecule has 86 valence electrons. The van der Waals surface area contributed by atoms with Crippen LogP contribution in [-0.4, -0.2) is 10.2 Å². The minimum Gasteiger partial charge on any atom is -0.453 e. The maximum Gasteiger partial charge on any atom is 0.183 e. The fraction of sp³-hybridized carbons (Fsp3) is 0.167. The van der Waals surface area contributed by atoms with Crippen molar-refractivity contribution in [3.8, 4) is 10.8 Å². The van der Waals surface area contributed by atoms with Crippen LogP contribution in [0, 0.1) is 6.92 Å². The highest BCUT2D eigenvalue weighted by molar-refractivity contribution is 7.14. The van der Waals surface area contributed by atoms with Crippen LogP contribution < -0.4 is 0 Å². The highest BCUT2D eigenvalue weighted by atomic mass is 35.5. The van der Waals surface area contributed by atoms with Gasteiger partial charge in [0.15, 0.2) is 10.8 Å². The predicted octanol–water partition coefficient (Wildman–Crippen LogP) is 4.00. The summed E-state index contributed by atoms with van der Waals surface area (Å²) in [6.45, 7) is 2.06. The average molecular weight is 265 g/mol. The van der Waals surface area contributed by atoms with Crippen molar-refractivity contribution in [2.75, 3.05) is 0 Å². The summed E-state index contributed by atoms with van der Waals surface area (Å²) < 4.78 is 5.73. The summed E-state index contributed by atoms with van der Waals surface area (Å²) in [5.74, 6) is 1.14. The van der Waals surface area contributed by atoms with Gasteiger partial charge in [-0.25, -0.2) is 0 Å². The summed E-state index contributed by atoms with van der Waals surface area (Å²) >= 11 is 7.16. The lowest BCUT2D eigenvalue weighted by Crippen LogP contribution is -1.74. The molecule has 5 heteroatoms. The first-order chi connectivity index (χ1) is 8.26. The van der Waals surface area contributed by atoms with Crippen molar-refractivity contribution in [3.05, 3.63) is 34.8 Å². The highest BCUT2D eigenvalue weighted by Crippen LogP contribution is 2.30. The van der Waals surface area contributed by atoms with Crippen LogP contribution in [0.15, 0.2) is 28.7 Å². The number of aromatic nitrogens is 2. The van der Waals surface area contributed by atoms with Gasteiger partial charge in [-0.05, 0) is 25.1 Å². The quantitative estimate of drug-likeness (QED) is 0.657. The Labute approximate surface area is 107 Å². The van der Waals surface area contributed by atoms with E-state index < -0.39 is 0 Å². The van der Waals surface area contributed by atoms with Gasteiger partial charge in [0.1, 0.15) is 10.6 Å². The van der Waals surface area contributed by atoms with Gasteiger partial charge in [0, 0.05) is 5.39 Å². The van der Waals surface area contributed by atoms with Crippen molar-refractivity contribution in [1.82, 2.24) is 10.2 Å². The maximum absolute atomic E-state index is 5.73. The minimum absolute atomic E-state index is 0.386. The monoisotopic (exact) mass is 264 g/mol. The molecule has 2 heterocycles. The van der Waals surface area contributed by atoms with E-state index >= 15 is 0 Å². The van der Waals surface area contributed by atoms with Crippen molar-refractivity contribution in [2.45, 2.75) is 12.8 Å². The van der Waals surface area contributed by atoms with E-state index in [1.807, 2.05) is 18.2 Å². The second kappa shape index (κ2) is 4.13. The molecule has 0 atom stereocenters. The van der Waals surface area contributed by atoms with Crippen LogP contribution in [0.4, 0.5) is 0 Å². The third-order valence-electron chi connectivity index (χ3n) is 2.46. The van der Waals surface area contributed by atoms with Gasteiger partial charge in [-0.15, -0.1) is 21.8 Å². The molecule has 0 saturated carbocycles. The van der Waals surface area contributed by atoms with Crippen molar-refractivity contribution < 1.29 is 4.42 Å². The molecule has 17 heavy (non-hydrogen) atoms. The Morgan fingerprint density at radius 3 is 2.94 bits per heavy atom. The van der Waals surface area contributed by atoms with E-state index in [-0.39, 0.29) is 0 Å². The number of fused-ring (bicyclic) bond motifs is 1. The molecule has 0 aliphatic rings. The van der Waals surface area contributed by atoms with Crippen LogP contribution in [-0.2, 0) is 5.88 Å². The van der Waals surface area contributed by atoms with Gasteiger partial charge in [0.25, 0.3) is 0 Å². The van der Waals surface area contributed by atoms with E-state index in [1.165, 1.54) is 16.9 Å². The van der Waals surface area contributed by atoms with Gasteiger partial charge in [-0.2, -0.15) is 0 Å². The second-order valence-corrected chi connectivity index (χ2v) is 5.12. The van der Waals surface area contributed by atoms with Crippen LogP contribution in [0.2, 0.25) is 0 Å². The SMILES string of the molecule is Cc1ccc2oc(-c3nnc(CCl)s3)cc2c1. The Morgan fingerprint density at radius 2 is 2.18 bits per heavy atom. The number of rotatable bonds is 2. The van der Waals surface area contributed by atoms with Crippen LogP contribution in [0.1, 0.15) is 10.6 Å². The lowest BCUT2D eigenvalue weighted by molar-refractivity contribution is 0.629. The van der Waals surface area contributed by atoms with Crippen LogP contribution in [0.25, 0.3) is 21.7 Å². The summed E-state index contributed by atoms with van der Waals surface area (Å²) in [5.41, 5.74) is 2.08. The zero-order valence-corrected chi connectivity index (χ0v) is 10.7. The number of halogens is 1. The van der Waals surface area contributed by atoms with Gasteiger partial charge in [0.2, 0.25) is 0 Å². The molecule has 3 nitrogen and oxygen atoms in total. The van der Waals surface area contributed by atoms with E-state index in [4.69, 9.17) is 16.0 Å². The first-order valence-corrected chi connectivity index (χ1v) is 6.50. The third-order valence-corrected chi connectivity index (χ3v) is 3.81. The van der Waals surface area contributed by atoms with Crippen molar-refractivity contribution in [3.63, 3.8) is 0 Å². The fourth-order valence-corrected chi connectivity index (χ4v) is 2.53. The summed E-state index contributed by atoms with van der Waals surface area (Å²) in [6, 6.07) is 8.07. The van der Waals surface area contributed by atoms with E-state index in [9.17, 15) is 0 Å². The molecule has 0 saturated heterocycles. The fourth-order valence-electron chi connectivity index (χ4n) is 1.68. The molecule has 0 amide bonds. The van der Waals surface area contributed by atoms with E-state index in [2.05, 4.69) is 23.2 Å². The molecule has 1 aromatic carbocycles. The van der Waals surface area contributed by atoms with Gasteiger partial charge in [0.05, 0.1) is 5.88 Å². The molecule has 3 rings (SSSR count). The molecule has 0 aliphatic carbocycles. The molecule has 0 N–H and O–H groups in total. The van der Waals surface area contributed by atoms with E-state index in [1.54, 1.807) is 0 Å². The van der Waals surface area contributed by atoms with Crippen LogP contribution in [0.5, 0.6) is 0 Å². The number of alkyl halides is 1. The summed E-state index contributed by atoms with van der Waals surface area (Å²) in [4.78, 5) is 0. The Kier molecular flexibility index (Phi) is 2.61. The van der Waals surface area contributed by atoms with E-state index in [0.717, 1.165) is 26.7 Å². The minimum atomic E-state index is 0.386. The maximum atomic E-state index is 5.73. The second-order valence-electron chi connectivity index (χ2n) is 3.79. The Bertz CT molecular complexity index is 674. The highest BCUT2D eigenvalue weighted by Gasteiger charge is 2.11. The van der Waals surface area contributed by atoms with Crippen molar-refractivity contribution in [1.29, 1.82) is 0 Å². The molecule has 0 bridgehead atoms. The van der Waals surface area contributed by atoms with Gasteiger partial charge in [-0.1, -0.05) is 23.0 Å². The number of nitrogens with zero attached hydrogens (tertiary/aromatic N) is 2. The van der Waals surface area contributed by atoms with Gasteiger partial charge in [-0.3, -0.25) is 0 Å². The number of hydrogen-bond acceptors (Lipinski definition) is 4. The first kappa shape index (κ1) is 10.7. The summed E-state index contributed by atoms with van der Waals surface area (Å²) in [6.07, 6.45) is 0. The molecule has 0 radical (unpaired) electrons. The summed E-state index contributed by atoms with van der Waals surface area (Å²) in [5, 5.41) is 10.7.